The van der Waals surface area contributed by atoms with E-state index in [1.165, 1.54) is 30.3 Å². The molecule has 0 aromatic heterocycles. The summed E-state index contributed by atoms with van der Waals surface area (Å²) in [5.74, 6) is 3.68. The third-order valence-corrected chi connectivity index (χ3v) is 5.26. The molecule has 0 heterocycles. The Bertz CT molecular complexity index is 812. The molecule has 0 spiro atoms. The van der Waals surface area contributed by atoms with Gasteiger partial charge in [0.1, 0.15) is 12.4 Å². The van der Waals surface area contributed by atoms with Crippen molar-refractivity contribution >= 4 is 37.5 Å². The van der Waals surface area contributed by atoms with Crippen LogP contribution in [0.5, 0.6) is 0 Å². The summed E-state index contributed by atoms with van der Waals surface area (Å²) in [5.41, 5.74) is 1.89. The largest absolute Gasteiger partial charge is 0.293 e. The van der Waals surface area contributed by atoms with E-state index in [0.717, 1.165) is 10.4 Å². The van der Waals surface area contributed by atoms with Crippen LogP contribution in [0.25, 0.3) is 0 Å². The number of halogens is 2. The van der Waals surface area contributed by atoms with Gasteiger partial charge in [0.15, 0.2) is 0 Å². The normalized spacial score (nSPS) is 11.1. The SMILES string of the molecule is NNC(=O)CN(c1cccc(F)c1)S(=O)(=O)c1ccc(Br)cc1. The summed E-state index contributed by atoms with van der Waals surface area (Å²) in [4.78, 5) is 11.5. The topological polar surface area (TPSA) is 92.5 Å². The van der Waals surface area contributed by atoms with Crippen LogP contribution in [0.4, 0.5) is 10.1 Å². The van der Waals surface area contributed by atoms with Crippen LogP contribution in [-0.2, 0) is 14.8 Å². The monoisotopic (exact) mass is 401 g/mol. The fourth-order valence-electron chi connectivity index (χ4n) is 1.86. The van der Waals surface area contributed by atoms with Crippen molar-refractivity contribution in [1.29, 1.82) is 0 Å². The zero-order valence-electron chi connectivity index (χ0n) is 11.7. The molecule has 3 N–H and O–H groups in total. The Balaban J connectivity index is 2.51. The van der Waals surface area contributed by atoms with Crippen molar-refractivity contribution in [2.24, 2.45) is 5.84 Å². The average Bonchev–Trinajstić information content (AvgIpc) is 2.52. The van der Waals surface area contributed by atoms with Crippen molar-refractivity contribution in [3.8, 4) is 0 Å². The Hall–Kier alpha value is -1.97. The predicted octanol–water partition coefficient (Wildman–Crippen LogP) is 1.77. The average molecular weight is 402 g/mol. The van der Waals surface area contributed by atoms with Gasteiger partial charge in [0, 0.05) is 4.47 Å². The van der Waals surface area contributed by atoms with Crippen molar-refractivity contribution in [3.05, 3.63) is 58.8 Å². The Kier molecular flexibility index (Phi) is 5.34. The molecule has 2 rings (SSSR count). The van der Waals surface area contributed by atoms with Gasteiger partial charge < -0.3 is 0 Å². The number of sulfonamides is 1. The maximum Gasteiger partial charge on any atom is 0.264 e. The Morgan fingerprint density at radius 2 is 1.87 bits per heavy atom. The molecule has 2 aromatic carbocycles. The summed E-state index contributed by atoms with van der Waals surface area (Å²) in [5, 5.41) is 0. The highest BCUT2D eigenvalue weighted by atomic mass is 79.9. The number of nitrogens with two attached hydrogens (primary N) is 1. The summed E-state index contributed by atoms with van der Waals surface area (Å²) in [6.07, 6.45) is 0. The minimum absolute atomic E-state index is 0.0246. The standard InChI is InChI=1S/C14H13BrFN3O3S/c15-10-4-6-13(7-5-10)23(21,22)19(9-14(20)18-17)12-3-1-2-11(16)8-12/h1-8H,9,17H2,(H,18,20). The minimum Gasteiger partial charge on any atom is -0.293 e. The minimum atomic E-state index is -4.06. The molecule has 122 valence electrons. The van der Waals surface area contributed by atoms with E-state index in [1.807, 2.05) is 5.43 Å². The molecule has 9 heteroatoms. The molecule has 0 saturated carbocycles. The maximum atomic E-state index is 13.4. The number of anilines is 1. The summed E-state index contributed by atoms with van der Waals surface area (Å²) in [6.45, 7) is -0.571. The molecule has 0 aliphatic rings. The number of nitrogens with zero attached hydrogens (tertiary/aromatic N) is 1. The number of hydrazine groups is 1. The first-order valence-corrected chi connectivity index (χ1v) is 8.61. The Labute approximate surface area is 141 Å². The number of carbonyl (C=O) groups is 1. The summed E-state index contributed by atoms with van der Waals surface area (Å²) >= 11 is 3.22. The fourth-order valence-corrected chi connectivity index (χ4v) is 3.53. The van der Waals surface area contributed by atoms with Gasteiger partial charge in [-0.3, -0.25) is 14.5 Å². The van der Waals surface area contributed by atoms with E-state index in [4.69, 9.17) is 5.84 Å². The second kappa shape index (κ2) is 7.07. The molecule has 1 amide bonds. The van der Waals surface area contributed by atoms with Gasteiger partial charge in [-0.25, -0.2) is 18.7 Å². The molecule has 6 nitrogen and oxygen atoms in total. The van der Waals surface area contributed by atoms with E-state index >= 15 is 0 Å². The first-order valence-electron chi connectivity index (χ1n) is 6.38. The van der Waals surface area contributed by atoms with Crippen molar-refractivity contribution in [3.63, 3.8) is 0 Å². The van der Waals surface area contributed by atoms with Gasteiger partial charge in [0.05, 0.1) is 10.6 Å². The zero-order chi connectivity index (χ0) is 17.0. The number of rotatable bonds is 5. The van der Waals surface area contributed by atoms with Gasteiger partial charge in [-0.05, 0) is 42.5 Å². The van der Waals surface area contributed by atoms with E-state index in [-0.39, 0.29) is 10.6 Å². The third-order valence-electron chi connectivity index (χ3n) is 2.95. The van der Waals surface area contributed by atoms with Crippen LogP contribution in [0.3, 0.4) is 0 Å². The van der Waals surface area contributed by atoms with Crippen LogP contribution >= 0.6 is 15.9 Å². The van der Waals surface area contributed by atoms with Crippen molar-refractivity contribution in [2.45, 2.75) is 4.90 Å². The number of hydrogen-bond donors (Lipinski definition) is 2. The molecular weight excluding hydrogens is 389 g/mol. The molecular formula is C14H13BrFN3O3S. The van der Waals surface area contributed by atoms with Gasteiger partial charge in [0.2, 0.25) is 0 Å². The molecule has 23 heavy (non-hydrogen) atoms. The Morgan fingerprint density at radius 3 is 2.43 bits per heavy atom. The number of benzene rings is 2. The molecule has 0 radical (unpaired) electrons. The van der Waals surface area contributed by atoms with Gasteiger partial charge in [-0.15, -0.1) is 0 Å². The predicted molar refractivity (Wildman–Crippen MR) is 87.4 cm³/mol. The lowest BCUT2D eigenvalue weighted by Gasteiger charge is -2.23. The number of amides is 1. The van der Waals surface area contributed by atoms with E-state index < -0.39 is 28.3 Å². The van der Waals surface area contributed by atoms with Crippen LogP contribution < -0.4 is 15.6 Å². The van der Waals surface area contributed by atoms with Crippen LogP contribution in [0.2, 0.25) is 0 Å². The number of carbonyl (C=O) groups excluding carboxylic acids is 1. The first-order chi connectivity index (χ1) is 10.8. The molecule has 0 atom stereocenters. The summed E-state index contributed by atoms with van der Waals surface area (Å²) in [7, 11) is -4.06. The maximum absolute atomic E-state index is 13.4. The van der Waals surface area contributed by atoms with Crippen molar-refractivity contribution in [1.82, 2.24) is 5.43 Å². The van der Waals surface area contributed by atoms with Gasteiger partial charge in [-0.1, -0.05) is 22.0 Å². The van der Waals surface area contributed by atoms with Crippen LogP contribution in [-0.4, -0.2) is 20.9 Å². The van der Waals surface area contributed by atoms with Crippen molar-refractivity contribution < 1.29 is 17.6 Å². The lowest BCUT2D eigenvalue weighted by molar-refractivity contribution is -0.119. The smallest absolute Gasteiger partial charge is 0.264 e. The molecule has 0 aliphatic carbocycles. The molecule has 0 saturated heterocycles. The highest BCUT2D eigenvalue weighted by Crippen LogP contribution is 2.25. The third kappa shape index (κ3) is 4.06. The first kappa shape index (κ1) is 17.4. The number of hydrogen-bond acceptors (Lipinski definition) is 4. The van der Waals surface area contributed by atoms with Gasteiger partial charge >= 0.3 is 0 Å². The highest BCUT2D eigenvalue weighted by molar-refractivity contribution is 9.10. The Morgan fingerprint density at radius 1 is 1.22 bits per heavy atom. The van der Waals surface area contributed by atoms with E-state index in [0.29, 0.717) is 4.47 Å². The lowest BCUT2D eigenvalue weighted by atomic mass is 10.3. The molecule has 2 aromatic rings. The molecule has 0 unspecified atom stereocenters. The van der Waals surface area contributed by atoms with Gasteiger partial charge in [0.25, 0.3) is 15.9 Å². The van der Waals surface area contributed by atoms with E-state index in [1.54, 1.807) is 12.1 Å². The van der Waals surface area contributed by atoms with Crippen LogP contribution in [0, 0.1) is 5.82 Å². The number of nitrogens with one attached hydrogen (secondary N) is 1. The second-order valence-corrected chi connectivity index (χ2v) is 7.29. The highest BCUT2D eigenvalue weighted by Gasteiger charge is 2.27. The lowest BCUT2D eigenvalue weighted by Crippen LogP contribution is -2.43. The summed E-state index contributed by atoms with van der Waals surface area (Å²) in [6, 6.07) is 10.8. The van der Waals surface area contributed by atoms with Crippen LogP contribution in [0.1, 0.15) is 0 Å². The van der Waals surface area contributed by atoms with E-state index in [2.05, 4.69) is 15.9 Å². The van der Waals surface area contributed by atoms with Crippen LogP contribution in [0.15, 0.2) is 57.9 Å². The quantitative estimate of drug-likeness (QED) is 0.453. The van der Waals surface area contributed by atoms with Gasteiger partial charge in [-0.2, -0.15) is 0 Å². The molecule has 0 fully saturated rings. The van der Waals surface area contributed by atoms with Crippen molar-refractivity contribution in [2.75, 3.05) is 10.8 Å². The molecule has 0 bridgehead atoms. The van der Waals surface area contributed by atoms with E-state index in [9.17, 15) is 17.6 Å². The zero-order valence-corrected chi connectivity index (χ0v) is 14.1. The summed E-state index contributed by atoms with van der Waals surface area (Å²) < 4.78 is 40.5. The second-order valence-electron chi connectivity index (χ2n) is 4.51. The fraction of sp³-hybridized carbons (Fsp3) is 0.0714. The molecule has 0 aliphatic heterocycles.